The average molecular weight is 463 g/mol. The van der Waals surface area contributed by atoms with Crippen LogP contribution >= 0.6 is 15.9 Å². The number of allylic oxidation sites excluding steroid dienone is 1. The first kappa shape index (κ1) is 20.4. The molecule has 0 radical (unpaired) electrons. The minimum atomic E-state index is -0.107. The van der Waals surface area contributed by atoms with Crippen LogP contribution in [-0.2, 0) is 12.0 Å². The smallest absolute Gasteiger partial charge is 0.231 e. The highest BCUT2D eigenvalue weighted by Crippen LogP contribution is 2.35. The molecule has 152 valence electrons. The highest BCUT2D eigenvalue weighted by molar-refractivity contribution is 9.10. The summed E-state index contributed by atoms with van der Waals surface area (Å²) in [4.78, 5) is 12.7. The lowest BCUT2D eigenvalue weighted by Gasteiger charge is -2.18. The van der Waals surface area contributed by atoms with E-state index in [0.717, 1.165) is 15.6 Å². The Morgan fingerprint density at radius 1 is 0.967 bits per heavy atom. The summed E-state index contributed by atoms with van der Waals surface area (Å²) in [5.41, 5.74) is 3.90. The molecule has 4 heteroatoms. The summed E-state index contributed by atoms with van der Waals surface area (Å²) in [7, 11) is 0. The van der Waals surface area contributed by atoms with Crippen molar-refractivity contribution in [3.63, 3.8) is 0 Å². The molecule has 1 heterocycles. The first-order valence-corrected chi connectivity index (χ1v) is 10.6. The Kier molecular flexibility index (Phi) is 5.52. The molecule has 0 aliphatic carbocycles. The maximum Gasteiger partial charge on any atom is 0.231 e. The second-order valence-electron chi connectivity index (χ2n) is 8.38. The van der Waals surface area contributed by atoms with Gasteiger partial charge in [0.05, 0.1) is 5.56 Å². The number of carbonyl (C=O) groups excluding carboxylic acids is 1. The van der Waals surface area contributed by atoms with Crippen molar-refractivity contribution in [2.75, 3.05) is 0 Å². The van der Waals surface area contributed by atoms with Crippen molar-refractivity contribution in [1.29, 1.82) is 0 Å². The third-order valence-electron chi connectivity index (χ3n) is 5.03. The van der Waals surface area contributed by atoms with Gasteiger partial charge in [0.1, 0.15) is 18.1 Å². The lowest BCUT2D eigenvalue weighted by atomic mass is 9.86. The van der Waals surface area contributed by atoms with Crippen LogP contribution < -0.4 is 9.47 Å². The van der Waals surface area contributed by atoms with E-state index in [-0.39, 0.29) is 11.2 Å². The van der Waals surface area contributed by atoms with E-state index in [2.05, 4.69) is 48.8 Å². The quantitative estimate of drug-likeness (QED) is 0.393. The Morgan fingerprint density at radius 3 is 2.33 bits per heavy atom. The number of fused-ring (bicyclic) bond motifs is 1. The zero-order valence-electron chi connectivity index (χ0n) is 17.2. The molecule has 1 aliphatic heterocycles. The molecular formula is C26H23BrO3. The minimum absolute atomic E-state index is 0.0915. The normalized spacial score (nSPS) is 14.5. The fraction of sp³-hybridized carbons (Fsp3) is 0.192. The largest absolute Gasteiger partial charge is 0.489 e. The van der Waals surface area contributed by atoms with Crippen LogP contribution in [0.1, 0.15) is 47.8 Å². The maximum absolute atomic E-state index is 12.7. The van der Waals surface area contributed by atoms with E-state index >= 15 is 0 Å². The molecule has 0 atom stereocenters. The van der Waals surface area contributed by atoms with Crippen LogP contribution in [0.4, 0.5) is 0 Å². The van der Waals surface area contributed by atoms with Gasteiger partial charge < -0.3 is 9.47 Å². The predicted molar refractivity (Wildman–Crippen MR) is 123 cm³/mol. The molecule has 0 bridgehead atoms. The van der Waals surface area contributed by atoms with Gasteiger partial charge in [-0.15, -0.1) is 0 Å². The Balaban J connectivity index is 1.48. The molecule has 3 aromatic rings. The molecule has 3 aromatic carbocycles. The molecular weight excluding hydrogens is 440 g/mol. The van der Waals surface area contributed by atoms with Crippen molar-refractivity contribution < 1.29 is 14.3 Å². The Morgan fingerprint density at radius 2 is 1.67 bits per heavy atom. The number of ether oxygens (including phenoxy) is 2. The van der Waals surface area contributed by atoms with Gasteiger partial charge in [-0.3, -0.25) is 4.79 Å². The summed E-state index contributed by atoms with van der Waals surface area (Å²) < 4.78 is 12.7. The van der Waals surface area contributed by atoms with Gasteiger partial charge in [-0.2, -0.15) is 0 Å². The molecule has 0 amide bonds. The van der Waals surface area contributed by atoms with Crippen molar-refractivity contribution in [3.8, 4) is 11.5 Å². The van der Waals surface area contributed by atoms with Crippen LogP contribution in [0.3, 0.4) is 0 Å². The zero-order valence-corrected chi connectivity index (χ0v) is 18.8. The number of carbonyl (C=O) groups is 1. The molecule has 0 spiro atoms. The number of rotatable bonds is 4. The SMILES string of the molecule is CC(C)(C)c1ccc(/C=C2\Oc3cc(OCc4ccc(Br)cc4)ccc3C2=O)cc1. The van der Waals surface area contributed by atoms with E-state index in [1.807, 2.05) is 36.4 Å². The summed E-state index contributed by atoms with van der Waals surface area (Å²) in [6.07, 6.45) is 1.79. The number of benzene rings is 3. The third-order valence-corrected chi connectivity index (χ3v) is 5.56. The van der Waals surface area contributed by atoms with Crippen LogP contribution in [-0.4, -0.2) is 5.78 Å². The van der Waals surface area contributed by atoms with Gasteiger partial charge in [-0.05, 0) is 52.4 Å². The van der Waals surface area contributed by atoms with Gasteiger partial charge in [-0.25, -0.2) is 0 Å². The molecule has 0 fully saturated rings. The Hall–Kier alpha value is -2.85. The van der Waals surface area contributed by atoms with Crippen molar-refractivity contribution in [2.45, 2.75) is 32.8 Å². The van der Waals surface area contributed by atoms with E-state index in [9.17, 15) is 4.79 Å². The number of hydrogen-bond acceptors (Lipinski definition) is 3. The maximum atomic E-state index is 12.7. The molecule has 3 nitrogen and oxygen atoms in total. The fourth-order valence-electron chi connectivity index (χ4n) is 3.24. The van der Waals surface area contributed by atoms with Crippen molar-refractivity contribution in [2.24, 2.45) is 0 Å². The predicted octanol–water partition coefficient (Wildman–Crippen LogP) is 6.94. The second-order valence-corrected chi connectivity index (χ2v) is 9.30. The number of halogens is 1. The Labute approximate surface area is 185 Å². The zero-order chi connectivity index (χ0) is 21.3. The van der Waals surface area contributed by atoms with E-state index in [0.29, 0.717) is 29.4 Å². The van der Waals surface area contributed by atoms with Gasteiger partial charge in [-0.1, -0.05) is 73.1 Å². The highest BCUT2D eigenvalue weighted by atomic mass is 79.9. The van der Waals surface area contributed by atoms with Gasteiger partial charge >= 0.3 is 0 Å². The molecule has 1 aliphatic rings. The van der Waals surface area contributed by atoms with E-state index < -0.39 is 0 Å². The van der Waals surface area contributed by atoms with Crippen LogP contribution in [0.5, 0.6) is 11.5 Å². The van der Waals surface area contributed by atoms with Crippen molar-refractivity contribution in [3.05, 3.63) is 99.2 Å². The molecule has 0 N–H and O–H groups in total. The van der Waals surface area contributed by atoms with E-state index in [1.165, 1.54) is 5.56 Å². The molecule has 4 rings (SSSR count). The summed E-state index contributed by atoms with van der Waals surface area (Å²) in [6, 6.07) is 21.5. The summed E-state index contributed by atoms with van der Waals surface area (Å²) >= 11 is 3.43. The summed E-state index contributed by atoms with van der Waals surface area (Å²) in [5.74, 6) is 1.43. The molecule has 0 saturated heterocycles. The van der Waals surface area contributed by atoms with E-state index in [1.54, 1.807) is 24.3 Å². The number of ketones is 1. The molecule has 0 saturated carbocycles. The average Bonchev–Trinajstić information content (AvgIpc) is 3.02. The van der Waals surface area contributed by atoms with Gasteiger partial charge in [0.25, 0.3) is 0 Å². The molecule has 0 unspecified atom stereocenters. The highest BCUT2D eigenvalue weighted by Gasteiger charge is 2.27. The first-order chi connectivity index (χ1) is 14.3. The second kappa shape index (κ2) is 8.11. The van der Waals surface area contributed by atoms with Gasteiger partial charge in [0.2, 0.25) is 5.78 Å². The van der Waals surface area contributed by atoms with Gasteiger partial charge in [0.15, 0.2) is 5.76 Å². The van der Waals surface area contributed by atoms with Crippen LogP contribution in [0.2, 0.25) is 0 Å². The monoisotopic (exact) mass is 462 g/mol. The molecule has 0 aromatic heterocycles. The Bertz CT molecular complexity index is 1100. The van der Waals surface area contributed by atoms with Crippen molar-refractivity contribution >= 4 is 27.8 Å². The summed E-state index contributed by atoms with van der Waals surface area (Å²) in [5, 5.41) is 0. The first-order valence-electron chi connectivity index (χ1n) is 9.86. The number of hydrogen-bond donors (Lipinski definition) is 0. The van der Waals surface area contributed by atoms with Crippen LogP contribution in [0.15, 0.2) is 77.0 Å². The lowest BCUT2D eigenvalue weighted by Crippen LogP contribution is -2.10. The topological polar surface area (TPSA) is 35.5 Å². The van der Waals surface area contributed by atoms with Crippen LogP contribution in [0.25, 0.3) is 6.08 Å². The standard InChI is InChI=1S/C26H23BrO3/c1-26(2,3)19-8-4-17(5-9-19)14-24-25(28)22-13-12-21(15-23(22)30-24)29-16-18-6-10-20(27)11-7-18/h4-15H,16H2,1-3H3/b24-14-. The fourth-order valence-corrected chi connectivity index (χ4v) is 3.50. The third kappa shape index (κ3) is 4.49. The van der Waals surface area contributed by atoms with E-state index in [4.69, 9.17) is 9.47 Å². The van der Waals surface area contributed by atoms with Crippen LogP contribution in [0, 0.1) is 0 Å². The van der Waals surface area contributed by atoms with Crippen molar-refractivity contribution in [1.82, 2.24) is 0 Å². The lowest BCUT2D eigenvalue weighted by molar-refractivity contribution is 0.101. The minimum Gasteiger partial charge on any atom is -0.489 e. The molecule has 30 heavy (non-hydrogen) atoms. The van der Waals surface area contributed by atoms with Gasteiger partial charge in [0, 0.05) is 10.5 Å². The number of Topliss-reactive ketones (excluding diaryl/α,β-unsaturated/α-hetero) is 1. The summed E-state index contributed by atoms with van der Waals surface area (Å²) in [6.45, 7) is 6.98.